The number of halogens is 3. The third-order valence-corrected chi connectivity index (χ3v) is 4.10. The van der Waals surface area contributed by atoms with Crippen LogP contribution >= 0.6 is 43.5 Å². The molecule has 2 N–H and O–H groups in total. The summed E-state index contributed by atoms with van der Waals surface area (Å²) in [5, 5.41) is 11.7. The predicted molar refractivity (Wildman–Crippen MR) is 88.2 cm³/mol. The average Bonchev–Trinajstić information content (AvgIpc) is 2.40. The van der Waals surface area contributed by atoms with E-state index in [2.05, 4.69) is 37.2 Å². The fourth-order valence-corrected chi connectivity index (χ4v) is 3.07. The van der Waals surface area contributed by atoms with Gasteiger partial charge in [0.1, 0.15) is 0 Å². The van der Waals surface area contributed by atoms with E-state index in [1.807, 2.05) is 0 Å². The number of nitrogens with one attached hydrogen (secondary N) is 1. The van der Waals surface area contributed by atoms with Crippen LogP contribution in [0.25, 0.3) is 0 Å². The Morgan fingerprint density at radius 3 is 2.38 bits per heavy atom. The van der Waals surface area contributed by atoms with Crippen molar-refractivity contribution in [2.24, 2.45) is 0 Å². The minimum atomic E-state index is -1.08. The first kappa shape index (κ1) is 16.0. The summed E-state index contributed by atoms with van der Waals surface area (Å²) < 4.78 is 1.47. The van der Waals surface area contributed by atoms with Gasteiger partial charge in [0.25, 0.3) is 5.91 Å². The van der Waals surface area contributed by atoms with Gasteiger partial charge in [0.15, 0.2) is 0 Å². The van der Waals surface area contributed by atoms with E-state index in [-0.39, 0.29) is 16.5 Å². The number of anilines is 1. The number of hydrogen-bond acceptors (Lipinski definition) is 2. The van der Waals surface area contributed by atoms with E-state index in [0.29, 0.717) is 15.7 Å². The quantitative estimate of drug-likeness (QED) is 0.730. The van der Waals surface area contributed by atoms with Crippen molar-refractivity contribution in [3.05, 3.63) is 61.5 Å². The normalized spacial score (nSPS) is 10.2. The molecule has 0 aromatic heterocycles. The Balaban J connectivity index is 2.25. The lowest BCUT2D eigenvalue weighted by atomic mass is 10.2. The van der Waals surface area contributed by atoms with Crippen molar-refractivity contribution in [3.63, 3.8) is 0 Å². The zero-order valence-corrected chi connectivity index (χ0v) is 14.3. The second-order valence-electron chi connectivity index (χ2n) is 4.08. The van der Waals surface area contributed by atoms with E-state index in [0.717, 1.165) is 4.47 Å². The monoisotopic (exact) mass is 431 g/mol. The van der Waals surface area contributed by atoms with E-state index in [9.17, 15) is 9.59 Å². The number of carbonyl (C=O) groups is 2. The molecule has 21 heavy (non-hydrogen) atoms. The van der Waals surface area contributed by atoms with Gasteiger partial charge in [-0.15, -0.1) is 0 Å². The molecule has 0 saturated heterocycles. The first-order chi connectivity index (χ1) is 9.88. The van der Waals surface area contributed by atoms with Gasteiger partial charge < -0.3 is 10.4 Å². The summed E-state index contributed by atoms with van der Waals surface area (Å²) in [6.45, 7) is 0. The highest BCUT2D eigenvalue weighted by molar-refractivity contribution is 9.11. The van der Waals surface area contributed by atoms with Gasteiger partial charge in [0, 0.05) is 8.95 Å². The van der Waals surface area contributed by atoms with E-state index >= 15 is 0 Å². The van der Waals surface area contributed by atoms with Crippen LogP contribution in [0.15, 0.2) is 45.3 Å². The number of aromatic carboxylic acids is 1. The topological polar surface area (TPSA) is 66.4 Å². The molecule has 0 radical (unpaired) electrons. The van der Waals surface area contributed by atoms with Gasteiger partial charge in [-0.05, 0) is 52.3 Å². The Labute approximate surface area is 142 Å². The van der Waals surface area contributed by atoms with Gasteiger partial charge in [-0.25, -0.2) is 4.79 Å². The first-order valence-corrected chi connectivity index (χ1v) is 7.64. The number of benzene rings is 2. The number of hydrogen-bond donors (Lipinski definition) is 2. The third-order valence-electron chi connectivity index (χ3n) is 2.64. The van der Waals surface area contributed by atoms with Crippen LogP contribution in [0.2, 0.25) is 5.02 Å². The van der Waals surface area contributed by atoms with Crippen LogP contribution in [0.4, 0.5) is 5.69 Å². The summed E-state index contributed by atoms with van der Waals surface area (Å²) in [4.78, 5) is 23.0. The van der Waals surface area contributed by atoms with Crippen molar-refractivity contribution in [1.82, 2.24) is 0 Å². The lowest BCUT2D eigenvalue weighted by molar-refractivity contribution is 0.0696. The van der Waals surface area contributed by atoms with E-state index in [1.54, 1.807) is 18.2 Å². The molecule has 7 heteroatoms. The van der Waals surface area contributed by atoms with Crippen molar-refractivity contribution in [3.8, 4) is 0 Å². The van der Waals surface area contributed by atoms with Gasteiger partial charge in [0.05, 0.1) is 21.8 Å². The Kier molecular flexibility index (Phi) is 5.03. The van der Waals surface area contributed by atoms with Crippen molar-refractivity contribution < 1.29 is 14.7 Å². The van der Waals surface area contributed by atoms with Crippen LogP contribution in [0.3, 0.4) is 0 Å². The van der Waals surface area contributed by atoms with Crippen LogP contribution in [-0.4, -0.2) is 17.0 Å². The van der Waals surface area contributed by atoms with Crippen LogP contribution in [0, 0.1) is 0 Å². The van der Waals surface area contributed by atoms with Crippen molar-refractivity contribution in [1.29, 1.82) is 0 Å². The molecular formula is C14H8Br2ClNO3. The van der Waals surface area contributed by atoms with Gasteiger partial charge in [-0.3, -0.25) is 4.79 Å². The van der Waals surface area contributed by atoms with Crippen molar-refractivity contribution >= 4 is 61.0 Å². The number of rotatable bonds is 3. The predicted octanol–water partition coefficient (Wildman–Crippen LogP) is 4.82. The molecule has 0 saturated carbocycles. The minimum absolute atomic E-state index is 0.0582. The molecule has 0 atom stereocenters. The average molecular weight is 433 g/mol. The summed E-state index contributed by atoms with van der Waals surface area (Å²) in [6, 6.07) is 9.27. The summed E-state index contributed by atoms with van der Waals surface area (Å²) in [6.07, 6.45) is 0. The second kappa shape index (κ2) is 6.60. The lowest BCUT2D eigenvalue weighted by Crippen LogP contribution is -2.13. The van der Waals surface area contributed by atoms with E-state index in [1.165, 1.54) is 18.2 Å². The fourth-order valence-electron chi connectivity index (χ4n) is 1.61. The standard InChI is InChI=1S/C14H8Br2ClNO3/c15-8-2-3-9(10(16)6-8)13(19)18-12-4-1-7(14(20)21)5-11(12)17/h1-6H,(H,18,19)(H,20,21). The number of carbonyl (C=O) groups excluding carboxylic acids is 1. The molecule has 0 fully saturated rings. The van der Waals surface area contributed by atoms with Gasteiger partial charge in [0.2, 0.25) is 0 Å². The molecule has 0 bridgehead atoms. The third kappa shape index (κ3) is 3.84. The summed E-state index contributed by atoms with van der Waals surface area (Å²) in [5.41, 5.74) is 0.848. The molecular weight excluding hydrogens is 425 g/mol. The highest BCUT2D eigenvalue weighted by atomic mass is 79.9. The van der Waals surface area contributed by atoms with E-state index < -0.39 is 5.97 Å². The van der Waals surface area contributed by atoms with Crippen LogP contribution in [-0.2, 0) is 0 Å². The SMILES string of the molecule is O=C(O)c1ccc(NC(=O)c2ccc(Br)cc2Br)c(Cl)c1. The molecule has 0 heterocycles. The maximum Gasteiger partial charge on any atom is 0.335 e. The molecule has 0 aliphatic heterocycles. The van der Waals surface area contributed by atoms with Gasteiger partial charge in [-0.1, -0.05) is 27.5 Å². The highest BCUT2D eigenvalue weighted by Crippen LogP contribution is 2.26. The molecule has 2 rings (SSSR count). The van der Waals surface area contributed by atoms with Crippen LogP contribution < -0.4 is 5.32 Å². The smallest absolute Gasteiger partial charge is 0.335 e. The molecule has 0 aliphatic carbocycles. The van der Waals surface area contributed by atoms with Crippen molar-refractivity contribution in [2.45, 2.75) is 0 Å². The molecule has 0 spiro atoms. The van der Waals surface area contributed by atoms with Crippen LogP contribution in [0.1, 0.15) is 20.7 Å². The van der Waals surface area contributed by atoms with Crippen LogP contribution in [0.5, 0.6) is 0 Å². The number of carboxylic acids is 1. The Morgan fingerprint density at radius 1 is 1.10 bits per heavy atom. The molecule has 0 unspecified atom stereocenters. The largest absolute Gasteiger partial charge is 0.478 e. The molecule has 2 aromatic rings. The second-order valence-corrected chi connectivity index (χ2v) is 6.26. The first-order valence-electron chi connectivity index (χ1n) is 5.67. The lowest BCUT2D eigenvalue weighted by Gasteiger charge is -2.09. The number of amides is 1. The highest BCUT2D eigenvalue weighted by Gasteiger charge is 2.13. The molecule has 1 amide bonds. The molecule has 108 valence electrons. The van der Waals surface area contributed by atoms with Gasteiger partial charge >= 0.3 is 5.97 Å². The summed E-state index contributed by atoms with van der Waals surface area (Å²) in [7, 11) is 0. The summed E-state index contributed by atoms with van der Waals surface area (Å²) >= 11 is 12.6. The Morgan fingerprint density at radius 2 is 1.81 bits per heavy atom. The Bertz CT molecular complexity index is 734. The van der Waals surface area contributed by atoms with Gasteiger partial charge in [-0.2, -0.15) is 0 Å². The molecule has 2 aromatic carbocycles. The zero-order chi connectivity index (χ0) is 15.6. The molecule has 0 aliphatic rings. The maximum atomic E-state index is 12.2. The minimum Gasteiger partial charge on any atom is -0.478 e. The Hall–Kier alpha value is -1.37. The summed E-state index contributed by atoms with van der Waals surface area (Å²) in [5.74, 6) is -1.43. The molecule has 4 nitrogen and oxygen atoms in total. The van der Waals surface area contributed by atoms with E-state index in [4.69, 9.17) is 16.7 Å². The fraction of sp³-hybridized carbons (Fsp3) is 0. The number of carboxylic acid groups (broad SMARTS) is 1. The zero-order valence-electron chi connectivity index (χ0n) is 10.4. The van der Waals surface area contributed by atoms with Crippen molar-refractivity contribution in [2.75, 3.05) is 5.32 Å². The maximum absolute atomic E-state index is 12.2.